The predicted octanol–water partition coefficient (Wildman–Crippen LogP) is 10.4. The lowest BCUT2D eigenvalue weighted by atomic mass is 10.1. The van der Waals surface area contributed by atoms with Gasteiger partial charge in [-0.3, -0.25) is 9.59 Å². The number of rotatable bonds is 23. The molecular weight excluding hydrogens is 700 g/mol. The Kier molecular flexibility index (Phi) is 17.8. The zero-order chi connectivity index (χ0) is 39.3. The summed E-state index contributed by atoms with van der Waals surface area (Å²) >= 11 is 0. The Morgan fingerprint density at radius 3 is 1.18 bits per heavy atom. The summed E-state index contributed by atoms with van der Waals surface area (Å²) in [4.78, 5) is 50.5. The number of hydrogen-bond acceptors (Lipinski definition) is 10. The van der Waals surface area contributed by atoms with Gasteiger partial charge in [-0.2, -0.15) is 0 Å². The first-order valence-corrected chi connectivity index (χ1v) is 19.3. The average Bonchev–Trinajstić information content (AvgIpc) is 3.19. The van der Waals surface area contributed by atoms with Gasteiger partial charge in [-0.1, -0.05) is 72.1 Å². The van der Waals surface area contributed by atoms with Gasteiger partial charge in [-0.25, -0.2) is 9.59 Å². The lowest BCUT2D eigenvalue weighted by Crippen LogP contribution is -2.23. The minimum atomic E-state index is -0.805. The van der Waals surface area contributed by atoms with Crippen molar-refractivity contribution in [1.82, 2.24) is 0 Å². The largest absolute Gasteiger partial charge is 0.494 e. The van der Waals surface area contributed by atoms with Gasteiger partial charge in [-0.05, 0) is 110 Å². The zero-order valence-electron chi connectivity index (χ0n) is 32.1. The van der Waals surface area contributed by atoms with Crippen molar-refractivity contribution < 1.29 is 47.6 Å². The molecule has 0 aliphatic carbocycles. The maximum Gasteiger partial charge on any atom is 0.343 e. The van der Waals surface area contributed by atoms with Crippen molar-refractivity contribution in [1.29, 1.82) is 0 Å². The van der Waals surface area contributed by atoms with Gasteiger partial charge >= 0.3 is 23.9 Å². The summed E-state index contributed by atoms with van der Waals surface area (Å²) in [5.41, 5.74) is 0.745. The van der Waals surface area contributed by atoms with Crippen LogP contribution < -0.4 is 28.4 Å². The second kappa shape index (κ2) is 23.2. The van der Waals surface area contributed by atoms with Crippen molar-refractivity contribution in [3.8, 4) is 34.5 Å². The second-order valence-corrected chi connectivity index (χ2v) is 13.3. The highest BCUT2D eigenvalue weighted by Gasteiger charge is 2.21. The summed E-state index contributed by atoms with van der Waals surface area (Å²) in [5.74, 6) is -0.743. The third kappa shape index (κ3) is 15.3. The van der Waals surface area contributed by atoms with E-state index in [1.54, 1.807) is 55.5 Å². The molecule has 0 aliphatic rings. The van der Waals surface area contributed by atoms with E-state index in [1.165, 1.54) is 87.1 Å². The fourth-order valence-electron chi connectivity index (χ4n) is 5.37. The average molecular weight is 753 g/mol. The van der Waals surface area contributed by atoms with Crippen LogP contribution in [0.4, 0.5) is 0 Å². The van der Waals surface area contributed by atoms with E-state index in [2.05, 4.69) is 13.8 Å². The molecule has 10 nitrogen and oxygen atoms in total. The molecular formula is C45H52O10. The summed E-state index contributed by atoms with van der Waals surface area (Å²) in [6, 6.07) is 25.6. The third-order valence-electron chi connectivity index (χ3n) is 8.61. The quantitative estimate of drug-likeness (QED) is 0.0411. The topological polar surface area (TPSA) is 124 Å². The first kappa shape index (κ1) is 42.1. The molecule has 1 atom stereocenters. The Balaban J connectivity index is 1.14. The first-order valence-electron chi connectivity index (χ1n) is 19.3. The van der Waals surface area contributed by atoms with E-state index in [9.17, 15) is 19.2 Å². The number of carbonyl (C=O) groups excluding carboxylic acids is 4. The van der Waals surface area contributed by atoms with Crippen LogP contribution in [0.15, 0.2) is 97.1 Å². The zero-order valence-corrected chi connectivity index (χ0v) is 32.1. The van der Waals surface area contributed by atoms with E-state index in [1.807, 2.05) is 0 Å². The van der Waals surface area contributed by atoms with Crippen LogP contribution in [0.25, 0.3) is 0 Å². The second-order valence-electron chi connectivity index (χ2n) is 13.3. The van der Waals surface area contributed by atoms with Crippen LogP contribution >= 0.6 is 0 Å². The molecule has 0 aliphatic heterocycles. The molecule has 0 fully saturated rings. The van der Waals surface area contributed by atoms with Crippen LogP contribution in [0.5, 0.6) is 34.5 Å². The Bertz CT molecular complexity index is 1760. The molecule has 0 radical (unpaired) electrons. The molecule has 0 amide bonds. The lowest BCUT2D eigenvalue weighted by molar-refractivity contribution is -0.144. The molecule has 0 aromatic heterocycles. The van der Waals surface area contributed by atoms with Crippen LogP contribution in [-0.2, 0) is 9.59 Å². The SMILES string of the molecule is CCCCCCCOc1ccc(C(=O)Oc2ccc(OC(=O)CC(C)C(=O)Oc3ccc(OC(=O)c4ccc(OCCCCCCC)cc4)cc3)cc2)cc1. The number of carbonyl (C=O) groups is 4. The van der Waals surface area contributed by atoms with Crippen molar-refractivity contribution >= 4 is 23.9 Å². The summed E-state index contributed by atoms with van der Waals surface area (Å²) in [6.07, 6.45) is 11.3. The Morgan fingerprint density at radius 1 is 0.436 bits per heavy atom. The molecule has 0 spiro atoms. The normalized spacial score (nSPS) is 11.3. The van der Waals surface area contributed by atoms with Crippen LogP contribution in [0.1, 0.15) is 112 Å². The number of hydrogen-bond donors (Lipinski definition) is 0. The van der Waals surface area contributed by atoms with Gasteiger partial charge in [0.25, 0.3) is 0 Å². The molecule has 10 heteroatoms. The van der Waals surface area contributed by atoms with Crippen molar-refractivity contribution in [3.63, 3.8) is 0 Å². The minimum Gasteiger partial charge on any atom is -0.494 e. The Labute approximate surface area is 324 Å². The van der Waals surface area contributed by atoms with E-state index in [0.717, 1.165) is 25.7 Å². The van der Waals surface area contributed by atoms with E-state index in [4.69, 9.17) is 28.4 Å². The van der Waals surface area contributed by atoms with Gasteiger partial charge in [0.05, 0.1) is 36.7 Å². The monoisotopic (exact) mass is 752 g/mol. The van der Waals surface area contributed by atoms with Gasteiger partial charge in [0.15, 0.2) is 0 Å². The predicted molar refractivity (Wildman–Crippen MR) is 209 cm³/mol. The molecule has 0 heterocycles. The maximum absolute atomic E-state index is 12.7. The lowest BCUT2D eigenvalue weighted by Gasteiger charge is -2.12. The standard InChI is InChI=1S/C45H52O10/c1-4-6-8-10-12-30-50-36-18-14-34(15-19-36)44(48)54-40-24-22-38(23-25-40)52-42(46)32-33(3)43(47)53-39-26-28-41(29-27-39)55-45(49)35-16-20-37(21-17-35)51-31-13-11-9-7-5-2/h14-29,33H,4-13,30-32H2,1-3H3. The minimum absolute atomic E-state index is 0.226. The van der Waals surface area contributed by atoms with Gasteiger partial charge in [-0.15, -0.1) is 0 Å². The van der Waals surface area contributed by atoms with Crippen LogP contribution in [0.2, 0.25) is 0 Å². The van der Waals surface area contributed by atoms with Crippen molar-refractivity contribution in [2.24, 2.45) is 5.92 Å². The smallest absolute Gasteiger partial charge is 0.343 e. The molecule has 292 valence electrons. The third-order valence-corrected chi connectivity index (χ3v) is 8.61. The van der Waals surface area contributed by atoms with Crippen molar-refractivity contribution in [2.75, 3.05) is 13.2 Å². The van der Waals surface area contributed by atoms with E-state index >= 15 is 0 Å². The molecule has 4 rings (SSSR count). The maximum atomic E-state index is 12.7. The molecule has 0 bridgehead atoms. The highest BCUT2D eigenvalue weighted by atomic mass is 16.6. The molecule has 0 saturated carbocycles. The van der Waals surface area contributed by atoms with Gasteiger partial charge < -0.3 is 28.4 Å². The van der Waals surface area contributed by atoms with Crippen molar-refractivity contribution in [2.45, 2.75) is 91.4 Å². The van der Waals surface area contributed by atoms with Crippen LogP contribution in [0.3, 0.4) is 0 Å². The summed E-state index contributed by atoms with van der Waals surface area (Å²) in [7, 11) is 0. The Hall–Kier alpha value is -5.64. The molecule has 55 heavy (non-hydrogen) atoms. The van der Waals surface area contributed by atoms with Crippen LogP contribution in [-0.4, -0.2) is 37.1 Å². The summed E-state index contributed by atoms with van der Waals surface area (Å²) in [6.45, 7) is 7.19. The van der Waals surface area contributed by atoms with E-state index < -0.39 is 29.8 Å². The fourth-order valence-corrected chi connectivity index (χ4v) is 5.37. The molecule has 0 saturated heterocycles. The highest BCUT2D eigenvalue weighted by Crippen LogP contribution is 2.23. The molecule has 4 aromatic carbocycles. The van der Waals surface area contributed by atoms with E-state index in [-0.39, 0.29) is 29.4 Å². The molecule has 4 aromatic rings. The Morgan fingerprint density at radius 2 is 0.782 bits per heavy atom. The van der Waals surface area contributed by atoms with Gasteiger partial charge in [0, 0.05) is 0 Å². The number of unbranched alkanes of at least 4 members (excludes halogenated alkanes) is 8. The summed E-state index contributed by atoms with van der Waals surface area (Å²) < 4.78 is 33.2. The number of esters is 4. The first-order chi connectivity index (χ1) is 26.7. The highest BCUT2D eigenvalue weighted by molar-refractivity contribution is 5.92. The fraction of sp³-hybridized carbons (Fsp3) is 0.378. The van der Waals surface area contributed by atoms with E-state index in [0.29, 0.717) is 35.8 Å². The summed E-state index contributed by atoms with van der Waals surface area (Å²) in [5, 5.41) is 0. The number of ether oxygens (including phenoxy) is 6. The molecule has 1 unspecified atom stereocenters. The van der Waals surface area contributed by atoms with Crippen molar-refractivity contribution in [3.05, 3.63) is 108 Å². The van der Waals surface area contributed by atoms with Gasteiger partial charge in [0.2, 0.25) is 0 Å². The number of benzene rings is 4. The molecule has 0 N–H and O–H groups in total. The van der Waals surface area contributed by atoms with Gasteiger partial charge in [0.1, 0.15) is 34.5 Å². The van der Waals surface area contributed by atoms with Crippen LogP contribution in [0, 0.1) is 5.92 Å².